The van der Waals surface area contributed by atoms with Crippen LogP contribution in [0.2, 0.25) is 0 Å². The highest BCUT2D eigenvalue weighted by Gasteiger charge is 2.08. The lowest BCUT2D eigenvalue weighted by Gasteiger charge is -2.08. The number of amides is 2. The maximum Gasteiger partial charge on any atom is 0.274 e. The molecule has 3 N–H and O–H groups in total. The number of nitrogens with one attached hydrogen (secondary N) is 2. The fourth-order valence-corrected chi connectivity index (χ4v) is 2.93. The zero-order valence-electron chi connectivity index (χ0n) is 16.0. The van der Waals surface area contributed by atoms with Crippen LogP contribution in [0.25, 0.3) is 11.1 Å². The molecule has 6 nitrogen and oxygen atoms in total. The van der Waals surface area contributed by atoms with Crippen LogP contribution in [0, 0.1) is 0 Å². The molecule has 148 valence electrons. The zero-order chi connectivity index (χ0) is 20.6. The second-order valence-electron chi connectivity index (χ2n) is 6.45. The number of hydroxylamine groups is 1. The van der Waals surface area contributed by atoms with E-state index in [9.17, 15) is 9.59 Å². The van der Waals surface area contributed by atoms with Gasteiger partial charge in [-0.2, -0.15) is 0 Å². The summed E-state index contributed by atoms with van der Waals surface area (Å²) in [6.07, 6.45) is 0.726. The molecular formula is C23H22N2O4. The lowest BCUT2D eigenvalue weighted by Crippen LogP contribution is -2.25. The molecule has 6 heteroatoms. The van der Waals surface area contributed by atoms with E-state index in [-0.39, 0.29) is 5.91 Å². The summed E-state index contributed by atoms with van der Waals surface area (Å²) in [5.74, 6) is 0.0952. The van der Waals surface area contributed by atoms with Gasteiger partial charge in [0.1, 0.15) is 5.75 Å². The molecule has 3 aromatic rings. The minimum atomic E-state index is -0.568. The fourth-order valence-electron chi connectivity index (χ4n) is 2.93. The van der Waals surface area contributed by atoms with E-state index in [1.807, 2.05) is 42.5 Å². The van der Waals surface area contributed by atoms with Crippen molar-refractivity contribution in [2.75, 3.05) is 13.7 Å². The predicted octanol–water partition coefficient (Wildman–Crippen LogP) is 3.45. The van der Waals surface area contributed by atoms with Gasteiger partial charge >= 0.3 is 0 Å². The number of carbonyl (C=O) groups excluding carboxylic acids is 2. The van der Waals surface area contributed by atoms with Gasteiger partial charge in [0.2, 0.25) is 0 Å². The summed E-state index contributed by atoms with van der Waals surface area (Å²) in [6, 6.07) is 21.8. The van der Waals surface area contributed by atoms with Crippen molar-refractivity contribution in [3.63, 3.8) is 0 Å². The van der Waals surface area contributed by atoms with Crippen LogP contribution in [0.4, 0.5) is 0 Å². The van der Waals surface area contributed by atoms with Crippen molar-refractivity contribution in [2.24, 2.45) is 0 Å². The Balaban J connectivity index is 1.62. The summed E-state index contributed by atoms with van der Waals surface area (Å²) in [4.78, 5) is 23.9. The molecule has 0 atom stereocenters. The van der Waals surface area contributed by atoms with Gasteiger partial charge in [-0.3, -0.25) is 14.8 Å². The maximum absolute atomic E-state index is 12.5. The fraction of sp³-hybridized carbons (Fsp3) is 0.130. The summed E-state index contributed by atoms with van der Waals surface area (Å²) in [6.45, 7) is 0.528. The minimum absolute atomic E-state index is 0.142. The van der Waals surface area contributed by atoms with Gasteiger partial charge < -0.3 is 10.1 Å². The molecule has 0 aliphatic rings. The summed E-state index contributed by atoms with van der Waals surface area (Å²) in [5, 5.41) is 11.6. The molecule has 0 aromatic heterocycles. The normalized spacial score (nSPS) is 10.3. The van der Waals surface area contributed by atoms with E-state index in [0.29, 0.717) is 17.7 Å². The Hall–Kier alpha value is -3.64. The van der Waals surface area contributed by atoms with Crippen LogP contribution in [0.5, 0.6) is 5.75 Å². The highest BCUT2D eigenvalue weighted by molar-refractivity contribution is 5.96. The second-order valence-corrected chi connectivity index (χ2v) is 6.45. The van der Waals surface area contributed by atoms with Crippen LogP contribution in [0.3, 0.4) is 0 Å². The Bertz CT molecular complexity index is 983. The molecule has 0 aliphatic carbocycles. The van der Waals surface area contributed by atoms with Crippen molar-refractivity contribution in [2.45, 2.75) is 6.42 Å². The van der Waals surface area contributed by atoms with Gasteiger partial charge in [-0.15, -0.1) is 0 Å². The van der Waals surface area contributed by atoms with Crippen LogP contribution in [0.1, 0.15) is 26.3 Å². The largest absolute Gasteiger partial charge is 0.497 e. The van der Waals surface area contributed by atoms with E-state index in [0.717, 1.165) is 28.9 Å². The second kappa shape index (κ2) is 9.52. The van der Waals surface area contributed by atoms with Crippen molar-refractivity contribution >= 4 is 11.8 Å². The summed E-state index contributed by atoms with van der Waals surface area (Å²) in [5.41, 5.74) is 5.37. The van der Waals surface area contributed by atoms with Crippen molar-refractivity contribution in [3.05, 3.63) is 89.5 Å². The minimum Gasteiger partial charge on any atom is -0.497 e. The Morgan fingerprint density at radius 1 is 0.862 bits per heavy atom. The first-order valence-electron chi connectivity index (χ1n) is 9.17. The van der Waals surface area contributed by atoms with E-state index < -0.39 is 5.91 Å². The lowest BCUT2D eigenvalue weighted by atomic mass is 10.0. The van der Waals surface area contributed by atoms with Gasteiger partial charge in [0, 0.05) is 17.7 Å². The van der Waals surface area contributed by atoms with Gasteiger partial charge in [0.05, 0.1) is 7.11 Å². The Kier molecular flexibility index (Phi) is 6.60. The molecule has 0 unspecified atom stereocenters. The van der Waals surface area contributed by atoms with Crippen molar-refractivity contribution in [1.29, 1.82) is 0 Å². The molecule has 3 rings (SSSR count). The molecule has 0 radical (unpaired) electrons. The van der Waals surface area contributed by atoms with Crippen LogP contribution in [0.15, 0.2) is 72.8 Å². The Morgan fingerprint density at radius 3 is 2.24 bits per heavy atom. The van der Waals surface area contributed by atoms with Crippen molar-refractivity contribution in [1.82, 2.24) is 10.8 Å². The van der Waals surface area contributed by atoms with Crippen molar-refractivity contribution in [3.8, 4) is 16.9 Å². The summed E-state index contributed by atoms with van der Waals surface area (Å²) < 4.78 is 5.14. The van der Waals surface area contributed by atoms with Gasteiger partial charge in [-0.1, -0.05) is 36.4 Å². The van der Waals surface area contributed by atoms with E-state index in [2.05, 4.69) is 5.32 Å². The molecule has 3 aromatic carbocycles. The molecular weight excluding hydrogens is 368 g/mol. The third-order valence-electron chi connectivity index (χ3n) is 4.57. The molecule has 2 amide bonds. The topological polar surface area (TPSA) is 87.7 Å². The van der Waals surface area contributed by atoms with Gasteiger partial charge in [-0.05, 0) is 59.5 Å². The SMILES string of the molecule is COc1ccc(CCNC(=O)c2cccc(-c3ccc(C(=O)NO)cc3)c2)cc1. The Morgan fingerprint density at radius 2 is 1.59 bits per heavy atom. The molecule has 0 spiro atoms. The number of carbonyl (C=O) groups is 2. The van der Waals surface area contributed by atoms with E-state index in [1.54, 1.807) is 42.9 Å². The highest BCUT2D eigenvalue weighted by Crippen LogP contribution is 2.21. The smallest absolute Gasteiger partial charge is 0.274 e. The monoisotopic (exact) mass is 390 g/mol. The predicted molar refractivity (Wildman–Crippen MR) is 110 cm³/mol. The van der Waals surface area contributed by atoms with Gasteiger partial charge in [0.25, 0.3) is 11.8 Å². The number of methoxy groups -OCH3 is 1. The standard InChI is InChI=1S/C23H22N2O4/c1-29-21-11-5-16(6-12-21)13-14-24-22(26)20-4-2-3-19(15-20)17-7-9-18(10-8-17)23(27)25-28/h2-12,15,28H,13-14H2,1H3,(H,24,26)(H,25,27). The third kappa shape index (κ3) is 5.21. The van der Waals surface area contributed by atoms with E-state index in [1.165, 1.54) is 0 Å². The van der Waals surface area contributed by atoms with E-state index in [4.69, 9.17) is 9.94 Å². The molecule has 0 saturated heterocycles. The number of ether oxygens (including phenoxy) is 1. The third-order valence-corrected chi connectivity index (χ3v) is 4.57. The average Bonchev–Trinajstić information content (AvgIpc) is 2.79. The number of benzene rings is 3. The average molecular weight is 390 g/mol. The number of rotatable bonds is 7. The van der Waals surface area contributed by atoms with Crippen LogP contribution in [-0.2, 0) is 6.42 Å². The van der Waals surface area contributed by atoms with Crippen LogP contribution >= 0.6 is 0 Å². The molecule has 29 heavy (non-hydrogen) atoms. The van der Waals surface area contributed by atoms with Gasteiger partial charge in [-0.25, -0.2) is 5.48 Å². The lowest BCUT2D eigenvalue weighted by molar-refractivity contribution is 0.0706. The molecule has 0 saturated carbocycles. The number of hydrogen-bond acceptors (Lipinski definition) is 4. The van der Waals surface area contributed by atoms with E-state index >= 15 is 0 Å². The van der Waals surface area contributed by atoms with Gasteiger partial charge in [0.15, 0.2) is 0 Å². The van der Waals surface area contributed by atoms with Crippen LogP contribution < -0.4 is 15.5 Å². The highest BCUT2D eigenvalue weighted by atomic mass is 16.5. The first-order chi connectivity index (χ1) is 14.1. The van der Waals surface area contributed by atoms with Crippen molar-refractivity contribution < 1.29 is 19.5 Å². The molecule has 0 aliphatic heterocycles. The molecule has 0 fully saturated rings. The zero-order valence-corrected chi connectivity index (χ0v) is 16.0. The summed E-state index contributed by atoms with van der Waals surface area (Å²) >= 11 is 0. The number of hydrogen-bond donors (Lipinski definition) is 3. The summed E-state index contributed by atoms with van der Waals surface area (Å²) in [7, 11) is 1.63. The Labute approximate surface area is 169 Å². The molecule has 0 heterocycles. The molecule has 0 bridgehead atoms. The van der Waals surface area contributed by atoms with Crippen LogP contribution in [-0.4, -0.2) is 30.7 Å². The quantitative estimate of drug-likeness (QED) is 0.426. The maximum atomic E-state index is 12.5. The first-order valence-corrected chi connectivity index (χ1v) is 9.17. The first kappa shape index (κ1) is 20.1.